The molecule has 2 aliphatic heterocycles. The van der Waals surface area contributed by atoms with Gasteiger partial charge in [0.1, 0.15) is 0 Å². The van der Waals surface area contributed by atoms with Crippen LogP contribution in [0.2, 0.25) is 10.0 Å². The number of amidine groups is 2. The molecule has 0 saturated carbocycles. The van der Waals surface area contributed by atoms with Crippen LogP contribution in [0.25, 0.3) is 5.69 Å². The van der Waals surface area contributed by atoms with Crippen molar-refractivity contribution in [3.05, 3.63) is 130 Å². The van der Waals surface area contributed by atoms with Crippen molar-refractivity contribution in [3.8, 4) is 5.69 Å². The van der Waals surface area contributed by atoms with E-state index in [0.717, 1.165) is 45.4 Å². The standard InChI is InChI=1S/C31H22Cl2N6/c1-19-27-28(20-11-13-21(32)14-12-20)38-26-10-6-5-9-25(26)35-29(34-23-17-15-22(33)16-18-23)31(38)36-30(27)39(37-19)24-7-3-2-4-8-24/h2-18,28H,1H3,(H,34,35). The summed E-state index contributed by atoms with van der Waals surface area (Å²) in [7, 11) is 0. The minimum Gasteiger partial charge on any atom is -0.337 e. The molecule has 1 unspecified atom stereocenters. The zero-order valence-electron chi connectivity index (χ0n) is 20.9. The van der Waals surface area contributed by atoms with E-state index < -0.39 is 0 Å². The second kappa shape index (κ2) is 9.42. The van der Waals surface area contributed by atoms with Gasteiger partial charge in [-0.05, 0) is 73.2 Å². The molecule has 0 saturated heterocycles. The van der Waals surface area contributed by atoms with Crippen LogP contribution in [0.1, 0.15) is 22.9 Å². The summed E-state index contributed by atoms with van der Waals surface area (Å²) >= 11 is 12.5. The third kappa shape index (κ3) is 4.09. The maximum absolute atomic E-state index is 6.32. The molecular formula is C31H22Cl2N6. The molecule has 1 N–H and O–H groups in total. The molecule has 0 spiro atoms. The smallest absolute Gasteiger partial charge is 0.179 e. The number of nitrogens with one attached hydrogen (secondary N) is 1. The van der Waals surface area contributed by atoms with Gasteiger partial charge >= 0.3 is 0 Å². The average Bonchev–Trinajstić information content (AvgIpc) is 3.30. The minimum absolute atomic E-state index is 0.208. The summed E-state index contributed by atoms with van der Waals surface area (Å²) in [5.41, 5.74) is 6.64. The van der Waals surface area contributed by atoms with Crippen molar-refractivity contribution in [1.82, 2.24) is 9.78 Å². The van der Waals surface area contributed by atoms with Gasteiger partial charge in [0.15, 0.2) is 17.5 Å². The highest BCUT2D eigenvalue weighted by molar-refractivity contribution is 6.51. The maximum Gasteiger partial charge on any atom is 0.179 e. The van der Waals surface area contributed by atoms with E-state index >= 15 is 0 Å². The van der Waals surface area contributed by atoms with Crippen molar-refractivity contribution in [2.24, 2.45) is 9.98 Å². The van der Waals surface area contributed by atoms with Crippen LogP contribution in [0.4, 0.5) is 22.9 Å². The van der Waals surface area contributed by atoms with Crippen LogP contribution < -0.4 is 10.2 Å². The van der Waals surface area contributed by atoms with Crippen molar-refractivity contribution < 1.29 is 0 Å². The summed E-state index contributed by atoms with van der Waals surface area (Å²) < 4.78 is 1.92. The molecule has 190 valence electrons. The molecule has 0 aliphatic carbocycles. The first kappa shape index (κ1) is 23.7. The maximum atomic E-state index is 6.32. The molecule has 6 nitrogen and oxygen atoms in total. The molecule has 39 heavy (non-hydrogen) atoms. The van der Waals surface area contributed by atoms with Crippen molar-refractivity contribution in [2.45, 2.75) is 13.0 Å². The number of para-hydroxylation sites is 3. The number of hydrogen-bond donors (Lipinski definition) is 1. The van der Waals surface area contributed by atoms with Gasteiger partial charge in [-0.3, -0.25) is 0 Å². The van der Waals surface area contributed by atoms with E-state index in [4.69, 9.17) is 38.3 Å². The van der Waals surface area contributed by atoms with E-state index in [2.05, 4.69) is 28.4 Å². The Hall–Kier alpha value is -4.39. The van der Waals surface area contributed by atoms with Gasteiger partial charge in [0.05, 0.1) is 28.8 Å². The summed E-state index contributed by atoms with van der Waals surface area (Å²) in [6.45, 7) is 2.04. The van der Waals surface area contributed by atoms with E-state index in [1.807, 2.05) is 96.5 Å². The molecule has 7 rings (SSSR count). The highest BCUT2D eigenvalue weighted by Crippen LogP contribution is 2.48. The monoisotopic (exact) mass is 548 g/mol. The topological polar surface area (TPSA) is 57.8 Å². The SMILES string of the molecule is Cc1nn(-c2ccccc2)c2c1C(c1ccc(Cl)cc1)N1C(=N2)C(Nc2ccc(Cl)cc2)=Nc2ccccc21. The van der Waals surface area contributed by atoms with Gasteiger partial charge in [0, 0.05) is 21.3 Å². The number of rotatable bonds is 3. The summed E-state index contributed by atoms with van der Waals surface area (Å²) in [5.74, 6) is 2.11. The van der Waals surface area contributed by atoms with Crippen LogP contribution >= 0.6 is 23.2 Å². The minimum atomic E-state index is -0.208. The highest BCUT2D eigenvalue weighted by atomic mass is 35.5. The third-order valence-electron chi connectivity index (χ3n) is 6.93. The number of benzene rings is 4. The molecule has 5 aromatic rings. The second-order valence-corrected chi connectivity index (χ2v) is 10.3. The largest absolute Gasteiger partial charge is 0.337 e. The van der Waals surface area contributed by atoms with Crippen molar-refractivity contribution >= 4 is 57.8 Å². The van der Waals surface area contributed by atoms with E-state index in [0.29, 0.717) is 21.7 Å². The van der Waals surface area contributed by atoms with Crippen LogP contribution in [-0.2, 0) is 0 Å². The van der Waals surface area contributed by atoms with Crippen LogP contribution in [0.15, 0.2) is 113 Å². The number of aliphatic imine (C=N–C) groups is 2. The molecule has 1 atom stereocenters. The highest BCUT2D eigenvalue weighted by Gasteiger charge is 2.41. The van der Waals surface area contributed by atoms with Crippen molar-refractivity contribution in [1.29, 1.82) is 0 Å². The lowest BCUT2D eigenvalue weighted by Gasteiger charge is -2.40. The first-order valence-electron chi connectivity index (χ1n) is 12.6. The van der Waals surface area contributed by atoms with Crippen LogP contribution in [0.3, 0.4) is 0 Å². The number of anilines is 2. The molecule has 4 aromatic carbocycles. The van der Waals surface area contributed by atoms with Gasteiger partial charge in [0.2, 0.25) is 0 Å². The Labute approximate surface area is 235 Å². The normalized spacial score (nSPS) is 15.6. The van der Waals surface area contributed by atoms with Crippen LogP contribution in [0.5, 0.6) is 0 Å². The summed E-state index contributed by atoms with van der Waals surface area (Å²) in [5, 5.41) is 9.82. The predicted molar refractivity (Wildman–Crippen MR) is 160 cm³/mol. The summed E-state index contributed by atoms with van der Waals surface area (Å²) in [6.07, 6.45) is 0. The Balaban J connectivity index is 1.49. The van der Waals surface area contributed by atoms with Gasteiger partial charge in [-0.25, -0.2) is 14.7 Å². The predicted octanol–water partition coefficient (Wildman–Crippen LogP) is 8.28. The Morgan fingerprint density at radius 2 is 1.41 bits per heavy atom. The molecular weight excluding hydrogens is 527 g/mol. The Kier molecular flexibility index (Phi) is 5.72. The number of fused-ring (bicyclic) bond motifs is 4. The van der Waals surface area contributed by atoms with Crippen LogP contribution in [0, 0.1) is 6.92 Å². The number of aromatic nitrogens is 2. The fourth-order valence-corrected chi connectivity index (χ4v) is 5.43. The molecule has 1 aromatic heterocycles. The van der Waals surface area contributed by atoms with Crippen LogP contribution in [-0.4, -0.2) is 21.5 Å². The molecule has 8 heteroatoms. The number of hydrogen-bond acceptors (Lipinski definition) is 5. The number of aryl methyl sites for hydroxylation is 1. The molecule has 0 radical (unpaired) electrons. The lowest BCUT2D eigenvalue weighted by Crippen LogP contribution is -2.46. The van der Waals surface area contributed by atoms with Gasteiger partial charge in [-0.2, -0.15) is 5.10 Å². The fourth-order valence-electron chi connectivity index (χ4n) is 5.18. The van der Waals surface area contributed by atoms with E-state index in [1.54, 1.807) is 0 Å². The fraction of sp³-hybridized carbons (Fsp3) is 0.0645. The quantitative estimate of drug-likeness (QED) is 0.246. The average molecular weight is 549 g/mol. The van der Waals surface area contributed by atoms with Crippen molar-refractivity contribution in [3.63, 3.8) is 0 Å². The molecule has 0 bridgehead atoms. The Morgan fingerprint density at radius 1 is 0.744 bits per heavy atom. The second-order valence-electron chi connectivity index (χ2n) is 9.41. The molecule has 2 aliphatic rings. The summed E-state index contributed by atoms with van der Waals surface area (Å²) in [4.78, 5) is 12.5. The zero-order chi connectivity index (χ0) is 26.5. The lowest BCUT2D eigenvalue weighted by molar-refractivity contribution is 0.815. The number of nitrogens with zero attached hydrogens (tertiary/aromatic N) is 5. The van der Waals surface area contributed by atoms with Gasteiger partial charge in [0.25, 0.3) is 0 Å². The van der Waals surface area contributed by atoms with E-state index in [1.165, 1.54) is 0 Å². The zero-order valence-corrected chi connectivity index (χ0v) is 22.4. The molecule has 0 fully saturated rings. The van der Waals surface area contributed by atoms with Gasteiger partial charge < -0.3 is 10.2 Å². The first-order chi connectivity index (χ1) is 19.1. The molecule has 3 heterocycles. The van der Waals surface area contributed by atoms with Gasteiger partial charge in [-0.15, -0.1) is 0 Å². The lowest BCUT2D eigenvalue weighted by atomic mass is 9.93. The van der Waals surface area contributed by atoms with E-state index in [-0.39, 0.29) is 6.04 Å². The van der Waals surface area contributed by atoms with E-state index in [9.17, 15) is 0 Å². The number of halogens is 2. The molecule has 0 amide bonds. The summed E-state index contributed by atoms with van der Waals surface area (Å²) in [6, 6.07) is 33.5. The first-order valence-corrected chi connectivity index (χ1v) is 13.3. The Bertz CT molecular complexity index is 1760. The van der Waals surface area contributed by atoms with Gasteiger partial charge in [-0.1, -0.05) is 65.7 Å². The van der Waals surface area contributed by atoms with Crippen molar-refractivity contribution in [2.75, 3.05) is 10.2 Å². The third-order valence-corrected chi connectivity index (χ3v) is 7.44. The Morgan fingerprint density at radius 3 is 2.15 bits per heavy atom.